The van der Waals surface area contributed by atoms with Crippen molar-refractivity contribution >= 4 is 5.91 Å². The second-order valence-electron chi connectivity index (χ2n) is 5.51. The molecule has 1 saturated carbocycles. The standard InChI is InChI=1S/C16H20N2O/c1-3-13-6-4-5-7-14(13)10-18-15(19)16(11-17)8-12(2)9-16/h4-7,12H,3,8-10H2,1-2H3,(H,18,19). The summed E-state index contributed by atoms with van der Waals surface area (Å²) in [5.41, 5.74) is 1.61. The van der Waals surface area contributed by atoms with E-state index in [4.69, 9.17) is 0 Å². The van der Waals surface area contributed by atoms with E-state index in [0.717, 1.165) is 12.0 Å². The summed E-state index contributed by atoms with van der Waals surface area (Å²) in [5, 5.41) is 12.1. The summed E-state index contributed by atoms with van der Waals surface area (Å²) in [4.78, 5) is 12.2. The maximum absolute atomic E-state index is 12.2. The number of carbonyl (C=O) groups excluding carboxylic acids is 1. The number of amides is 1. The largest absolute Gasteiger partial charge is 0.351 e. The molecular weight excluding hydrogens is 236 g/mol. The third-order valence-electron chi connectivity index (χ3n) is 3.98. The van der Waals surface area contributed by atoms with Gasteiger partial charge in [-0.2, -0.15) is 5.26 Å². The maximum atomic E-state index is 12.2. The van der Waals surface area contributed by atoms with Gasteiger partial charge in [0.05, 0.1) is 6.07 Å². The van der Waals surface area contributed by atoms with Crippen LogP contribution in [0, 0.1) is 22.7 Å². The average Bonchev–Trinajstić information content (AvgIpc) is 2.41. The Kier molecular flexibility index (Phi) is 3.90. The SMILES string of the molecule is CCc1ccccc1CNC(=O)C1(C#N)CC(C)C1. The first-order valence-electron chi connectivity index (χ1n) is 6.87. The van der Waals surface area contributed by atoms with Gasteiger partial charge in [0.25, 0.3) is 0 Å². The topological polar surface area (TPSA) is 52.9 Å². The molecule has 1 fully saturated rings. The molecule has 1 aliphatic rings. The van der Waals surface area contributed by atoms with Crippen LogP contribution in [0.4, 0.5) is 0 Å². The van der Waals surface area contributed by atoms with Crippen LogP contribution in [0.15, 0.2) is 24.3 Å². The first kappa shape index (κ1) is 13.6. The average molecular weight is 256 g/mol. The van der Waals surface area contributed by atoms with Gasteiger partial charge in [-0.25, -0.2) is 0 Å². The summed E-state index contributed by atoms with van der Waals surface area (Å²) >= 11 is 0. The van der Waals surface area contributed by atoms with Crippen LogP contribution >= 0.6 is 0 Å². The Morgan fingerprint density at radius 3 is 2.58 bits per heavy atom. The lowest BCUT2D eigenvalue weighted by atomic mass is 9.63. The second kappa shape index (κ2) is 5.44. The molecule has 100 valence electrons. The Bertz CT molecular complexity index is 510. The van der Waals surface area contributed by atoms with Crippen molar-refractivity contribution in [1.29, 1.82) is 5.26 Å². The van der Waals surface area contributed by atoms with Crippen molar-refractivity contribution in [3.63, 3.8) is 0 Å². The molecule has 1 N–H and O–H groups in total. The van der Waals surface area contributed by atoms with E-state index in [2.05, 4.69) is 31.3 Å². The Morgan fingerprint density at radius 1 is 1.42 bits per heavy atom. The highest BCUT2D eigenvalue weighted by Crippen LogP contribution is 2.45. The minimum atomic E-state index is -0.777. The number of aryl methyl sites for hydroxylation is 1. The molecule has 1 aliphatic carbocycles. The van der Waals surface area contributed by atoms with Crippen molar-refractivity contribution in [2.24, 2.45) is 11.3 Å². The van der Waals surface area contributed by atoms with Gasteiger partial charge in [0.2, 0.25) is 5.91 Å². The van der Waals surface area contributed by atoms with Crippen LogP contribution in [0.2, 0.25) is 0 Å². The van der Waals surface area contributed by atoms with Crippen LogP contribution in [0.25, 0.3) is 0 Å². The molecule has 3 nitrogen and oxygen atoms in total. The van der Waals surface area contributed by atoms with E-state index in [1.807, 2.05) is 18.2 Å². The number of hydrogen-bond donors (Lipinski definition) is 1. The normalized spacial score (nSPS) is 25.2. The van der Waals surface area contributed by atoms with Gasteiger partial charge in [0.15, 0.2) is 0 Å². The maximum Gasteiger partial charge on any atom is 0.240 e. The molecule has 2 rings (SSSR count). The summed E-state index contributed by atoms with van der Waals surface area (Å²) < 4.78 is 0. The third kappa shape index (κ3) is 2.63. The number of nitrogens with one attached hydrogen (secondary N) is 1. The molecule has 0 radical (unpaired) electrons. The van der Waals surface area contributed by atoms with Crippen LogP contribution < -0.4 is 5.32 Å². The minimum Gasteiger partial charge on any atom is -0.351 e. The zero-order valence-electron chi connectivity index (χ0n) is 11.6. The van der Waals surface area contributed by atoms with Gasteiger partial charge in [0.1, 0.15) is 5.41 Å². The molecule has 0 saturated heterocycles. The van der Waals surface area contributed by atoms with Crippen molar-refractivity contribution < 1.29 is 4.79 Å². The van der Waals surface area contributed by atoms with E-state index in [9.17, 15) is 10.1 Å². The summed E-state index contributed by atoms with van der Waals surface area (Å²) in [7, 11) is 0. The molecule has 0 bridgehead atoms. The number of hydrogen-bond acceptors (Lipinski definition) is 2. The second-order valence-corrected chi connectivity index (χ2v) is 5.51. The number of nitriles is 1. The molecule has 3 heteroatoms. The third-order valence-corrected chi connectivity index (χ3v) is 3.98. The van der Waals surface area contributed by atoms with Gasteiger partial charge in [-0.05, 0) is 36.3 Å². The number of rotatable bonds is 4. The summed E-state index contributed by atoms with van der Waals surface area (Å²) in [5.74, 6) is 0.368. The summed E-state index contributed by atoms with van der Waals surface area (Å²) in [6, 6.07) is 10.3. The molecule has 1 amide bonds. The monoisotopic (exact) mass is 256 g/mol. The molecule has 1 aromatic carbocycles. The smallest absolute Gasteiger partial charge is 0.240 e. The molecule has 0 atom stereocenters. The van der Waals surface area contributed by atoms with Gasteiger partial charge < -0.3 is 5.32 Å². The van der Waals surface area contributed by atoms with Crippen molar-refractivity contribution in [3.05, 3.63) is 35.4 Å². The number of nitrogens with zero attached hydrogens (tertiary/aromatic N) is 1. The summed E-state index contributed by atoms with van der Waals surface area (Å²) in [6.45, 7) is 4.70. The van der Waals surface area contributed by atoms with Crippen LogP contribution in [0.5, 0.6) is 0 Å². The van der Waals surface area contributed by atoms with Crippen molar-refractivity contribution in [2.75, 3.05) is 0 Å². The molecule has 1 aromatic rings. The molecule has 0 unspecified atom stereocenters. The van der Waals surface area contributed by atoms with Crippen molar-refractivity contribution in [1.82, 2.24) is 5.32 Å². The predicted molar refractivity (Wildman–Crippen MR) is 74.1 cm³/mol. The number of carbonyl (C=O) groups is 1. The van der Waals surface area contributed by atoms with E-state index in [-0.39, 0.29) is 5.91 Å². The van der Waals surface area contributed by atoms with Gasteiger partial charge in [-0.1, -0.05) is 38.1 Å². The van der Waals surface area contributed by atoms with Crippen LogP contribution in [0.1, 0.15) is 37.8 Å². The van der Waals surface area contributed by atoms with E-state index >= 15 is 0 Å². The van der Waals surface area contributed by atoms with E-state index < -0.39 is 5.41 Å². The highest BCUT2D eigenvalue weighted by atomic mass is 16.2. The number of benzene rings is 1. The summed E-state index contributed by atoms with van der Waals surface area (Å²) in [6.07, 6.45) is 2.32. The van der Waals surface area contributed by atoms with E-state index in [1.54, 1.807) is 0 Å². The molecule has 0 spiro atoms. The fourth-order valence-corrected chi connectivity index (χ4v) is 2.88. The Hall–Kier alpha value is -1.82. The van der Waals surface area contributed by atoms with Gasteiger partial charge in [0, 0.05) is 6.54 Å². The Labute approximate surface area is 114 Å². The minimum absolute atomic E-state index is 0.112. The first-order valence-corrected chi connectivity index (χ1v) is 6.87. The fraction of sp³-hybridized carbons (Fsp3) is 0.500. The lowest BCUT2D eigenvalue weighted by molar-refractivity contribution is -0.134. The van der Waals surface area contributed by atoms with Gasteiger partial charge in [-0.15, -0.1) is 0 Å². The highest BCUT2D eigenvalue weighted by Gasteiger charge is 2.48. The van der Waals surface area contributed by atoms with Crippen LogP contribution in [-0.2, 0) is 17.8 Å². The quantitative estimate of drug-likeness (QED) is 0.900. The zero-order chi connectivity index (χ0) is 13.9. The molecular formula is C16H20N2O. The molecule has 0 aliphatic heterocycles. The molecule has 19 heavy (non-hydrogen) atoms. The van der Waals surface area contributed by atoms with Crippen LogP contribution in [-0.4, -0.2) is 5.91 Å². The van der Waals surface area contributed by atoms with E-state index in [0.29, 0.717) is 25.3 Å². The molecule has 0 heterocycles. The zero-order valence-corrected chi connectivity index (χ0v) is 11.6. The Balaban J connectivity index is 1.99. The lowest BCUT2D eigenvalue weighted by Crippen LogP contribution is -2.47. The molecule has 0 aromatic heterocycles. The van der Waals surface area contributed by atoms with Gasteiger partial charge in [-0.3, -0.25) is 4.79 Å². The van der Waals surface area contributed by atoms with Crippen LogP contribution in [0.3, 0.4) is 0 Å². The Morgan fingerprint density at radius 2 is 2.05 bits per heavy atom. The fourth-order valence-electron chi connectivity index (χ4n) is 2.88. The van der Waals surface area contributed by atoms with Gasteiger partial charge >= 0.3 is 0 Å². The lowest BCUT2D eigenvalue weighted by Gasteiger charge is -2.39. The first-order chi connectivity index (χ1) is 9.11. The highest BCUT2D eigenvalue weighted by molar-refractivity contribution is 5.86. The predicted octanol–water partition coefficient (Wildman–Crippen LogP) is 2.81. The van der Waals surface area contributed by atoms with E-state index in [1.165, 1.54) is 5.56 Å². The van der Waals surface area contributed by atoms with Crippen molar-refractivity contribution in [2.45, 2.75) is 39.7 Å². The van der Waals surface area contributed by atoms with Crippen molar-refractivity contribution in [3.8, 4) is 6.07 Å².